The zero-order chi connectivity index (χ0) is 22.6. The van der Waals surface area contributed by atoms with Gasteiger partial charge in [0, 0.05) is 29.3 Å². The van der Waals surface area contributed by atoms with E-state index in [9.17, 15) is 15.2 Å². The third-order valence-corrected chi connectivity index (χ3v) is 7.03. The first-order chi connectivity index (χ1) is 15.3. The van der Waals surface area contributed by atoms with Crippen molar-refractivity contribution in [3.05, 3.63) is 46.0 Å². The Morgan fingerprint density at radius 3 is 2.66 bits per heavy atom. The van der Waals surface area contributed by atoms with Crippen molar-refractivity contribution < 1.29 is 19.0 Å². The number of ketones is 1. The van der Waals surface area contributed by atoms with Gasteiger partial charge in [0.2, 0.25) is 0 Å². The van der Waals surface area contributed by atoms with Crippen LogP contribution in [0.25, 0.3) is 5.69 Å². The highest BCUT2D eigenvalue weighted by Crippen LogP contribution is 2.43. The van der Waals surface area contributed by atoms with Crippen LogP contribution in [0.2, 0.25) is 0 Å². The fourth-order valence-electron chi connectivity index (χ4n) is 5.52. The van der Waals surface area contributed by atoms with E-state index in [0.29, 0.717) is 50.3 Å². The van der Waals surface area contributed by atoms with Gasteiger partial charge < -0.3 is 19.7 Å². The van der Waals surface area contributed by atoms with Gasteiger partial charge in [-0.1, -0.05) is 13.8 Å². The molecule has 0 radical (unpaired) electrons. The number of nitrogens with one attached hydrogen (secondary N) is 1. The summed E-state index contributed by atoms with van der Waals surface area (Å²) >= 11 is 0. The minimum Gasteiger partial charge on any atom is -0.393 e. The molecule has 168 valence electrons. The molecule has 0 atom stereocenters. The first-order valence-corrected chi connectivity index (χ1v) is 11.3. The van der Waals surface area contributed by atoms with Gasteiger partial charge in [0.05, 0.1) is 36.4 Å². The molecule has 32 heavy (non-hydrogen) atoms. The van der Waals surface area contributed by atoms with E-state index >= 15 is 4.39 Å². The lowest BCUT2D eigenvalue weighted by molar-refractivity contribution is 0.0900. The highest BCUT2D eigenvalue weighted by atomic mass is 19.1. The van der Waals surface area contributed by atoms with Crippen molar-refractivity contribution in [3.63, 3.8) is 0 Å². The topological polar surface area (TPSA) is 87.3 Å². The maximum Gasteiger partial charge on any atom is 0.165 e. The number of aliphatic hydroxyl groups excluding tert-OH is 1. The predicted molar refractivity (Wildman–Crippen MR) is 117 cm³/mol. The number of nitriles is 1. The molecule has 1 aromatic carbocycles. The summed E-state index contributed by atoms with van der Waals surface area (Å²) in [5, 5.41) is 22.7. The standard InChI is InChI=1S/C25H28FN3O3/c1-25(2)9-21-24(23(31)10-25)18-12-32-13-22(18)29(21)15-7-19(26)17(11-27)20(8-15)28-14-3-5-16(30)6-4-14/h7-8,14,16,28,30H,3-6,9-10,12-13H2,1-2H3. The van der Waals surface area contributed by atoms with Crippen LogP contribution in [0.15, 0.2) is 12.1 Å². The Bertz CT molecular complexity index is 1140. The largest absolute Gasteiger partial charge is 0.393 e. The van der Waals surface area contributed by atoms with Crippen molar-refractivity contribution in [2.24, 2.45) is 5.41 Å². The highest BCUT2D eigenvalue weighted by molar-refractivity contribution is 6.01. The lowest BCUT2D eigenvalue weighted by Gasteiger charge is -2.31. The molecular formula is C25H28FN3O3. The molecule has 0 unspecified atom stereocenters. The number of halogens is 1. The number of anilines is 1. The maximum absolute atomic E-state index is 15.1. The molecular weight excluding hydrogens is 409 g/mol. The zero-order valence-corrected chi connectivity index (χ0v) is 18.5. The molecule has 5 rings (SSSR count). The summed E-state index contributed by atoms with van der Waals surface area (Å²) in [5.41, 5.74) is 4.34. The monoisotopic (exact) mass is 437 g/mol. The van der Waals surface area contributed by atoms with E-state index in [-0.39, 0.29) is 28.9 Å². The number of rotatable bonds is 3. The Morgan fingerprint density at radius 1 is 1.19 bits per heavy atom. The van der Waals surface area contributed by atoms with Crippen molar-refractivity contribution in [1.82, 2.24) is 4.57 Å². The average Bonchev–Trinajstić information content (AvgIpc) is 3.28. The van der Waals surface area contributed by atoms with E-state index in [2.05, 4.69) is 19.2 Å². The van der Waals surface area contributed by atoms with E-state index in [4.69, 9.17) is 4.74 Å². The molecule has 0 spiro atoms. The van der Waals surface area contributed by atoms with Gasteiger partial charge >= 0.3 is 0 Å². The molecule has 2 heterocycles. The number of hydrogen-bond acceptors (Lipinski definition) is 5. The Labute approximate surface area is 187 Å². The van der Waals surface area contributed by atoms with Gasteiger partial charge in [-0.2, -0.15) is 5.26 Å². The number of benzene rings is 1. The second-order valence-corrected chi connectivity index (χ2v) is 10.1. The van der Waals surface area contributed by atoms with Crippen molar-refractivity contribution >= 4 is 11.5 Å². The summed E-state index contributed by atoms with van der Waals surface area (Å²) < 4.78 is 22.8. The van der Waals surface area contributed by atoms with Crippen LogP contribution < -0.4 is 5.32 Å². The fourth-order valence-corrected chi connectivity index (χ4v) is 5.52. The summed E-state index contributed by atoms with van der Waals surface area (Å²) in [6.07, 6.45) is 3.82. The van der Waals surface area contributed by atoms with Crippen LogP contribution in [0.4, 0.5) is 10.1 Å². The molecule has 1 aliphatic heterocycles. The second kappa shape index (κ2) is 7.72. The molecule has 7 heteroatoms. The lowest BCUT2D eigenvalue weighted by atomic mass is 9.75. The van der Waals surface area contributed by atoms with Crippen molar-refractivity contribution in [1.29, 1.82) is 5.26 Å². The van der Waals surface area contributed by atoms with Crippen LogP contribution in [0, 0.1) is 22.6 Å². The van der Waals surface area contributed by atoms with Gasteiger partial charge in [0.25, 0.3) is 0 Å². The number of hydrogen-bond donors (Lipinski definition) is 2. The minimum atomic E-state index is -0.583. The molecule has 0 bridgehead atoms. The molecule has 2 N–H and O–H groups in total. The van der Waals surface area contributed by atoms with Crippen LogP contribution >= 0.6 is 0 Å². The number of aliphatic hydroxyl groups is 1. The van der Waals surface area contributed by atoms with E-state index in [1.807, 2.05) is 16.7 Å². The molecule has 6 nitrogen and oxygen atoms in total. The third kappa shape index (κ3) is 3.52. The number of fused-ring (bicyclic) bond motifs is 3. The molecule has 0 amide bonds. The van der Waals surface area contributed by atoms with E-state index in [1.54, 1.807) is 0 Å². The number of carbonyl (C=O) groups excluding carboxylic acids is 1. The lowest BCUT2D eigenvalue weighted by Crippen LogP contribution is -2.29. The summed E-state index contributed by atoms with van der Waals surface area (Å²) in [6.45, 7) is 4.93. The number of carbonyl (C=O) groups is 1. The average molecular weight is 438 g/mol. The highest BCUT2D eigenvalue weighted by Gasteiger charge is 2.39. The van der Waals surface area contributed by atoms with Crippen LogP contribution in [-0.2, 0) is 24.4 Å². The van der Waals surface area contributed by atoms with E-state index < -0.39 is 5.82 Å². The van der Waals surface area contributed by atoms with Crippen LogP contribution in [-0.4, -0.2) is 27.6 Å². The Hall–Kier alpha value is -2.69. The zero-order valence-electron chi connectivity index (χ0n) is 18.5. The number of nitrogens with zero attached hydrogens (tertiary/aromatic N) is 2. The van der Waals surface area contributed by atoms with Gasteiger partial charge in [-0.05, 0) is 49.7 Å². The van der Waals surface area contributed by atoms with Crippen LogP contribution in [0.3, 0.4) is 0 Å². The van der Waals surface area contributed by atoms with Crippen molar-refractivity contribution in [2.75, 3.05) is 5.32 Å². The quantitative estimate of drug-likeness (QED) is 0.744. The number of ether oxygens (including phenoxy) is 1. The molecule has 0 saturated heterocycles. The Kier molecular flexibility index (Phi) is 5.11. The normalized spacial score (nSPS) is 24.0. The van der Waals surface area contributed by atoms with E-state index in [1.165, 1.54) is 6.07 Å². The number of Topliss-reactive ketones (excluding diaryl/α,β-unsaturated/α-hetero) is 1. The minimum absolute atomic E-state index is 0.00908. The van der Waals surface area contributed by atoms with Crippen molar-refractivity contribution in [2.45, 2.75) is 77.7 Å². The van der Waals surface area contributed by atoms with Crippen LogP contribution in [0.5, 0.6) is 0 Å². The summed E-state index contributed by atoms with van der Waals surface area (Å²) in [4.78, 5) is 13.0. The SMILES string of the molecule is CC1(C)CC(=O)c2c3c(n(-c4cc(F)c(C#N)c(NC5CCC(O)CC5)c4)c2C1)COC3. The van der Waals surface area contributed by atoms with Gasteiger partial charge in [-0.3, -0.25) is 4.79 Å². The maximum atomic E-state index is 15.1. The number of aromatic nitrogens is 1. The van der Waals surface area contributed by atoms with Crippen molar-refractivity contribution in [3.8, 4) is 11.8 Å². The molecule has 2 aromatic rings. The van der Waals surface area contributed by atoms with Gasteiger partial charge in [0.15, 0.2) is 5.78 Å². The third-order valence-electron chi connectivity index (χ3n) is 7.03. The van der Waals surface area contributed by atoms with E-state index in [0.717, 1.165) is 35.4 Å². The Balaban J connectivity index is 1.62. The van der Waals surface area contributed by atoms with Gasteiger partial charge in [-0.25, -0.2) is 4.39 Å². The molecule has 1 saturated carbocycles. The fraction of sp³-hybridized carbons (Fsp3) is 0.520. The first kappa shape index (κ1) is 21.2. The summed E-state index contributed by atoms with van der Waals surface area (Å²) in [5.74, 6) is -0.468. The van der Waals surface area contributed by atoms with Gasteiger partial charge in [-0.15, -0.1) is 0 Å². The smallest absolute Gasteiger partial charge is 0.165 e. The molecule has 1 aromatic heterocycles. The van der Waals surface area contributed by atoms with Crippen LogP contribution in [0.1, 0.15) is 78.8 Å². The molecule has 3 aliphatic rings. The predicted octanol–water partition coefficient (Wildman–Crippen LogP) is 4.39. The Morgan fingerprint density at radius 2 is 1.94 bits per heavy atom. The molecule has 2 aliphatic carbocycles. The van der Waals surface area contributed by atoms with Gasteiger partial charge in [0.1, 0.15) is 17.4 Å². The molecule has 1 fully saturated rings. The first-order valence-electron chi connectivity index (χ1n) is 11.3. The summed E-state index contributed by atoms with van der Waals surface area (Å²) in [7, 11) is 0. The second-order valence-electron chi connectivity index (χ2n) is 10.1. The summed E-state index contributed by atoms with van der Waals surface area (Å²) in [6, 6.07) is 5.28.